The average Bonchev–Trinajstić information content (AvgIpc) is 3.05. The van der Waals surface area contributed by atoms with Gasteiger partial charge in [-0.1, -0.05) is 19.8 Å². The van der Waals surface area contributed by atoms with Crippen LogP contribution in [0.4, 0.5) is 0 Å². The summed E-state index contributed by atoms with van der Waals surface area (Å²) in [5, 5.41) is 2.95. The molecule has 3 rings (SSSR count). The molecule has 1 aliphatic carbocycles. The molecule has 0 radical (unpaired) electrons. The van der Waals surface area contributed by atoms with E-state index in [4.69, 9.17) is 0 Å². The van der Waals surface area contributed by atoms with E-state index in [2.05, 4.69) is 24.4 Å². The highest BCUT2D eigenvalue weighted by atomic mass is 32.1. The minimum atomic E-state index is -0.597. The first-order valence-corrected chi connectivity index (χ1v) is 8.12. The van der Waals surface area contributed by atoms with Crippen LogP contribution in [0.1, 0.15) is 42.4 Å². The molecule has 1 spiro atoms. The molecule has 1 saturated carbocycles. The van der Waals surface area contributed by atoms with Crippen molar-refractivity contribution >= 4 is 23.2 Å². The van der Waals surface area contributed by atoms with E-state index < -0.39 is 5.54 Å². The minimum absolute atomic E-state index is 0.0150. The molecule has 4 nitrogen and oxygen atoms in total. The van der Waals surface area contributed by atoms with E-state index in [0.29, 0.717) is 6.54 Å². The van der Waals surface area contributed by atoms with E-state index in [1.807, 2.05) is 0 Å². The lowest BCUT2D eigenvalue weighted by Crippen LogP contribution is -2.65. The molecule has 2 fully saturated rings. The Labute approximate surface area is 123 Å². The Morgan fingerprint density at radius 2 is 1.95 bits per heavy atom. The molecule has 1 aromatic rings. The quantitative estimate of drug-likeness (QED) is 0.927. The molecule has 1 saturated heterocycles. The Hall–Kier alpha value is -1.36. The van der Waals surface area contributed by atoms with Crippen molar-refractivity contribution in [2.45, 2.75) is 51.1 Å². The zero-order valence-electron chi connectivity index (χ0n) is 11.8. The number of thiophene rings is 1. The van der Waals surface area contributed by atoms with E-state index in [-0.39, 0.29) is 18.4 Å². The van der Waals surface area contributed by atoms with E-state index >= 15 is 0 Å². The van der Waals surface area contributed by atoms with Crippen LogP contribution in [0.15, 0.2) is 12.1 Å². The normalized spacial score (nSPS) is 21.6. The number of hydrogen-bond acceptors (Lipinski definition) is 3. The van der Waals surface area contributed by atoms with Crippen LogP contribution in [-0.4, -0.2) is 28.8 Å². The highest BCUT2D eigenvalue weighted by Crippen LogP contribution is 2.34. The van der Waals surface area contributed by atoms with E-state index in [9.17, 15) is 9.59 Å². The summed E-state index contributed by atoms with van der Waals surface area (Å²) in [5.74, 6) is 0.0971. The minimum Gasteiger partial charge on any atom is -0.340 e. The average molecular weight is 292 g/mol. The van der Waals surface area contributed by atoms with Gasteiger partial charge in [0.25, 0.3) is 0 Å². The van der Waals surface area contributed by atoms with Gasteiger partial charge >= 0.3 is 0 Å². The van der Waals surface area contributed by atoms with Crippen LogP contribution in [0, 0.1) is 0 Å². The second kappa shape index (κ2) is 5.20. The van der Waals surface area contributed by atoms with Gasteiger partial charge < -0.3 is 10.2 Å². The summed E-state index contributed by atoms with van der Waals surface area (Å²) >= 11 is 1.74. The van der Waals surface area contributed by atoms with Crippen molar-refractivity contribution in [1.82, 2.24) is 10.2 Å². The topological polar surface area (TPSA) is 49.4 Å². The van der Waals surface area contributed by atoms with Crippen molar-refractivity contribution in [2.75, 3.05) is 6.54 Å². The maximum Gasteiger partial charge on any atom is 0.249 e. The summed E-state index contributed by atoms with van der Waals surface area (Å²) in [7, 11) is 0. The summed E-state index contributed by atoms with van der Waals surface area (Å²) in [4.78, 5) is 28.8. The zero-order valence-corrected chi connectivity index (χ0v) is 12.6. The molecule has 1 aromatic heterocycles. The molecule has 5 heteroatoms. The second-order valence-corrected chi connectivity index (χ2v) is 6.97. The molecule has 0 aromatic carbocycles. The third-order valence-corrected chi connectivity index (χ3v) is 5.49. The van der Waals surface area contributed by atoms with Crippen molar-refractivity contribution < 1.29 is 9.59 Å². The second-order valence-electron chi connectivity index (χ2n) is 5.72. The Morgan fingerprint density at radius 1 is 1.25 bits per heavy atom. The molecule has 0 unspecified atom stereocenters. The molecule has 2 amide bonds. The van der Waals surface area contributed by atoms with Crippen LogP contribution in [0.3, 0.4) is 0 Å². The lowest BCUT2D eigenvalue weighted by molar-refractivity contribution is -0.150. The van der Waals surface area contributed by atoms with E-state index in [1.54, 1.807) is 16.2 Å². The van der Waals surface area contributed by atoms with Crippen LogP contribution in [0.5, 0.6) is 0 Å². The largest absolute Gasteiger partial charge is 0.340 e. The van der Waals surface area contributed by atoms with Crippen LogP contribution in [-0.2, 0) is 22.6 Å². The summed E-state index contributed by atoms with van der Waals surface area (Å²) < 4.78 is 0. The first-order valence-electron chi connectivity index (χ1n) is 7.31. The fourth-order valence-corrected chi connectivity index (χ4v) is 4.21. The van der Waals surface area contributed by atoms with Gasteiger partial charge in [-0.3, -0.25) is 9.59 Å². The van der Waals surface area contributed by atoms with Gasteiger partial charge in [0.15, 0.2) is 0 Å². The Morgan fingerprint density at radius 3 is 2.60 bits per heavy atom. The Balaban J connectivity index is 1.78. The van der Waals surface area contributed by atoms with Crippen LogP contribution in [0.25, 0.3) is 0 Å². The van der Waals surface area contributed by atoms with Gasteiger partial charge in [0.2, 0.25) is 11.8 Å². The first-order chi connectivity index (χ1) is 9.63. The number of rotatable bonds is 3. The molecule has 1 aliphatic heterocycles. The molecule has 1 N–H and O–H groups in total. The van der Waals surface area contributed by atoms with E-state index in [0.717, 1.165) is 37.0 Å². The monoisotopic (exact) mass is 292 g/mol. The summed E-state index contributed by atoms with van der Waals surface area (Å²) in [6.45, 7) is 2.89. The fraction of sp³-hybridized carbons (Fsp3) is 0.600. The van der Waals surface area contributed by atoms with Gasteiger partial charge in [0, 0.05) is 9.75 Å². The number of aryl methyl sites for hydroxylation is 1. The standard InChI is InChI=1S/C15H20N2O2S/c1-2-11-5-6-12(20-11)9-17-10-13(18)16-15(14(17)19)7-3-4-8-15/h5-6H,2-4,7-10H2,1H3,(H,16,18). The number of hydrogen-bond donors (Lipinski definition) is 1. The molecule has 2 aliphatic rings. The molecule has 20 heavy (non-hydrogen) atoms. The smallest absolute Gasteiger partial charge is 0.249 e. The van der Waals surface area contributed by atoms with Crippen molar-refractivity contribution in [2.24, 2.45) is 0 Å². The number of carbonyl (C=O) groups excluding carboxylic acids is 2. The van der Waals surface area contributed by atoms with Crippen molar-refractivity contribution in [1.29, 1.82) is 0 Å². The van der Waals surface area contributed by atoms with Crippen molar-refractivity contribution in [3.63, 3.8) is 0 Å². The molecule has 108 valence electrons. The third kappa shape index (κ3) is 2.35. The number of piperazine rings is 1. The Bertz CT molecular complexity index is 532. The summed E-state index contributed by atoms with van der Waals surface area (Å²) in [5.41, 5.74) is -0.597. The summed E-state index contributed by atoms with van der Waals surface area (Å²) in [6, 6.07) is 4.18. The molecular weight excluding hydrogens is 272 g/mol. The van der Waals surface area contributed by atoms with Crippen LogP contribution in [0.2, 0.25) is 0 Å². The molecule has 2 heterocycles. The van der Waals surface area contributed by atoms with Crippen LogP contribution >= 0.6 is 11.3 Å². The number of carbonyl (C=O) groups is 2. The fourth-order valence-electron chi connectivity index (χ4n) is 3.24. The molecular formula is C15H20N2O2S. The SMILES string of the molecule is CCc1ccc(CN2CC(=O)NC3(CCCC3)C2=O)s1. The van der Waals surface area contributed by atoms with Crippen molar-refractivity contribution in [3.8, 4) is 0 Å². The lowest BCUT2D eigenvalue weighted by Gasteiger charge is -2.39. The molecule has 0 bridgehead atoms. The predicted molar refractivity (Wildman–Crippen MR) is 78.5 cm³/mol. The van der Waals surface area contributed by atoms with Gasteiger partial charge in [0.05, 0.1) is 6.54 Å². The number of nitrogens with one attached hydrogen (secondary N) is 1. The van der Waals surface area contributed by atoms with Gasteiger partial charge in [0.1, 0.15) is 12.1 Å². The maximum atomic E-state index is 12.7. The van der Waals surface area contributed by atoms with Gasteiger partial charge in [-0.25, -0.2) is 0 Å². The number of amides is 2. The van der Waals surface area contributed by atoms with Crippen molar-refractivity contribution in [3.05, 3.63) is 21.9 Å². The predicted octanol–water partition coefficient (Wildman–Crippen LogP) is 2.08. The van der Waals surface area contributed by atoms with Gasteiger partial charge in [-0.2, -0.15) is 0 Å². The molecule has 0 atom stereocenters. The zero-order chi connectivity index (χ0) is 14.2. The third-order valence-electron chi connectivity index (χ3n) is 4.28. The summed E-state index contributed by atoms with van der Waals surface area (Å²) in [6.07, 6.45) is 4.65. The first kappa shape index (κ1) is 13.6. The number of nitrogens with zero attached hydrogens (tertiary/aromatic N) is 1. The highest BCUT2D eigenvalue weighted by molar-refractivity contribution is 7.11. The van der Waals surface area contributed by atoms with E-state index in [1.165, 1.54) is 4.88 Å². The van der Waals surface area contributed by atoms with Gasteiger partial charge in [-0.05, 0) is 31.4 Å². The lowest BCUT2D eigenvalue weighted by atomic mass is 9.93. The van der Waals surface area contributed by atoms with Crippen LogP contribution < -0.4 is 5.32 Å². The highest BCUT2D eigenvalue weighted by Gasteiger charge is 2.48. The van der Waals surface area contributed by atoms with Gasteiger partial charge in [-0.15, -0.1) is 11.3 Å². The Kier molecular flexibility index (Phi) is 3.54. The maximum absolute atomic E-state index is 12.7.